The molecule has 5 heterocycles. The normalized spacial score (nSPS) is 33.7. The summed E-state index contributed by atoms with van der Waals surface area (Å²) < 4.78 is 0. The molecule has 1 spiro atoms. The largest absolute Gasteiger partial charge is 0.504 e. The number of hydrogen-bond acceptors (Lipinski definition) is 8. The molecule has 8 nitrogen and oxygen atoms in total. The topological polar surface area (TPSA) is 115 Å². The van der Waals surface area contributed by atoms with Crippen LogP contribution in [0.5, 0.6) is 5.75 Å². The van der Waals surface area contributed by atoms with Gasteiger partial charge in [-0.3, -0.25) is 19.6 Å². The number of carbonyl (C=O) groups excluding carboxylic acids is 1. The predicted octanol–water partition coefficient (Wildman–Crippen LogP) is -0.306. The maximum absolute atomic E-state index is 13.2. The summed E-state index contributed by atoms with van der Waals surface area (Å²) in [6.07, 6.45) is 4.99. The van der Waals surface area contributed by atoms with Gasteiger partial charge in [0.15, 0.2) is 11.5 Å². The van der Waals surface area contributed by atoms with E-state index < -0.39 is 17.4 Å². The lowest BCUT2D eigenvalue weighted by atomic mass is 9.60. The van der Waals surface area contributed by atoms with Crippen molar-refractivity contribution in [3.8, 4) is 5.75 Å². The third kappa shape index (κ3) is 1.66. The number of fused-ring (bicyclic) bond motifs is 3. The van der Waals surface area contributed by atoms with E-state index in [4.69, 9.17) is 4.99 Å². The van der Waals surface area contributed by atoms with Crippen LogP contribution in [0.1, 0.15) is 18.4 Å². The minimum atomic E-state index is -0.952. The van der Waals surface area contributed by atoms with Gasteiger partial charge in [0.1, 0.15) is 22.5 Å². The quantitative estimate of drug-likeness (QED) is 0.629. The Morgan fingerprint density at radius 3 is 3.14 bits per heavy atom. The summed E-state index contributed by atoms with van der Waals surface area (Å²) in [7, 11) is 0. The minimum Gasteiger partial charge on any atom is -0.504 e. The summed E-state index contributed by atoms with van der Waals surface area (Å²) in [5, 5.41) is 25.0. The average Bonchev–Trinajstić information content (AvgIpc) is 3.23. The van der Waals surface area contributed by atoms with Crippen LogP contribution in [0.4, 0.5) is 11.4 Å². The molecule has 3 N–H and O–H groups in total. The molecular formula is C20H16N4O4S. The van der Waals surface area contributed by atoms with Crippen LogP contribution in [0, 0.1) is 0 Å². The molecule has 9 heteroatoms. The Labute approximate surface area is 168 Å². The highest BCUT2D eigenvalue weighted by Crippen LogP contribution is 2.62. The van der Waals surface area contributed by atoms with Crippen molar-refractivity contribution >= 4 is 46.7 Å². The summed E-state index contributed by atoms with van der Waals surface area (Å²) in [5.41, 5.74) is 3.01. The van der Waals surface area contributed by atoms with E-state index in [0.717, 1.165) is 33.4 Å². The van der Waals surface area contributed by atoms with E-state index in [9.17, 15) is 19.8 Å². The number of carboxylic acids is 1. The molecular weight excluding hydrogens is 392 g/mol. The number of ketones is 1. The second kappa shape index (κ2) is 4.91. The van der Waals surface area contributed by atoms with Crippen molar-refractivity contribution in [2.75, 3.05) is 18.0 Å². The molecule has 6 aliphatic rings. The van der Waals surface area contributed by atoms with Crippen molar-refractivity contribution in [2.24, 2.45) is 9.98 Å². The first-order chi connectivity index (χ1) is 14.0. The Morgan fingerprint density at radius 1 is 1.45 bits per heavy atom. The Balaban J connectivity index is 1.64. The molecule has 1 saturated heterocycles. The summed E-state index contributed by atoms with van der Waals surface area (Å²) in [6, 6.07) is -0.835. The van der Waals surface area contributed by atoms with Gasteiger partial charge in [0.25, 0.3) is 0 Å². The fraction of sp³-hybridized carbons (Fsp3) is 0.400. The predicted molar refractivity (Wildman–Crippen MR) is 106 cm³/mol. The first kappa shape index (κ1) is 16.2. The van der Waals surface area contributed by atoms with E-state index in [0.29, 0.717) is 24.0 Å². The highest BCUT2D eigenvalue weighted by Gasteiger charge is 2.64. The van der Waals surface area contributed by atoms with Crippen LogP contribution in [0.15, 0.2) is 21.0 Å². The summed E-state index contributed by atoms with van der Waals surface area (Å²) in [6.45, 7) is 0.439. The Morgan fingerprint density at radius 2 is 2.31 bits per heavy atom. The molecule has 146 valence electrons. The second-order valence-electron chi connectivity index (χ2n) is 8.36. The number of thioether (sulfide) groups is 1. The lowest BCUT2D eigenvalue weighted by Gasteiger charge is -2.55. The molecule has 0 aromatic heterocycles. The number of hydrogen-bond donors (Lipinski definition) is 3. The first-order valence-electron chi connectivity index (χ1n) is 9.69. The van der Waals surface area contributed by atoms with Gasteiger partial charge >= 0.3 is 5.97 Å². The van der Waals surface area contributed by atoms with Gasteiger partial charge in [-0.25, -0.2) is 0 Å². The van der Waals surface area contributed by atoms with Crippen molar-refractivity contribution in [3.05, 3.63) is 27.1 Å². The summed E-state index contributed by atoms with van der Waals surface area (Å²) >= 11 is 1.56. The smallest absolute Gasteiger partial charge is 0.317 e. The molecule has 1 aromatic carbocycles. The number of aliphatic carboxylic acids is 1. The number of aromatic hydroxyl groups is 1. The van der Waals surface area contributed by atoms with Gasteiger partial charge in [0, 0.05) is 34.5 Å². The summed E-state index contributed by atoms with van der Waals surface area (Å²) in [4.78, 5) is 37.0. The van der Waals surface area contributed by atoms with Gasteiger partial charge in [-0.1, -0.05) is 0 Å². The van der Waals surface area contributed by atoms with Gasteiger partial charge < -0.3 is 20.4 Å². The standard InChI is InChI=1S/C20H16N4O4S/c25-8-3-9-20-4-10(29-9)23-15-13(20)17-12-7(5-21-14(12)18(15)28)1-2-24(17)16(8)19(20)22-6-11(26)27/h3,5,10,16,19,22,28H,1-2,4,6H2,(H,26,27)/t10-,16-,19-,20-/m0/s1. The van der Waals surface area contributed by atoms with E-state index in [-0.39, 0.29) is 29.5 Å². The van der Waals surface area contributed by atoms with Crippen molar-refractivity contribution < 1.29 is 19.8 Å². The number of phenolic OH excluding ortho intramolecular Hbond substituents is 1. The molecule has 1 fully saturated rings. The molecule has 1 aromatic rings. The number of carboxylic acid groups (broad SMARTS) is 1. The van der Waals surface area contributed by atoms with Crippen LogP contribution < -0.4 is 20.8 Å². The number of nitrogens with one attached hydrogen (secondary N) is 1. The van der Waals surface area contributed by atoms with Gasteiger partial charge in [0.2, 0.25) is 0 Å². The van der Waals surface area contributed by atoms with Gasteiger partial charge in [-0.05, 0) is 24.5 Å². The second-order valence-corrected chi connectivity index (χ2v) is 9.58. The van der Waals surface area contributed by atoms with Gasteiger partial charge in [-0.2, -0.15) is 0 Å². The van der Waals surface area contributed by atoms with Crippen molar-refractivity contribution in [2.45, 2.75) is 35.7 Å². The van der Waals surface area contributed by atoms with Crippen LogP contribution >= 0.6 is 11.8 Å². The van der Waals surface area contributed by atoms with Crippen LogP contribution in [0.3, 0.4) is 0 Å². The Hall–Kier alpha value is -2.65. The molecule has 0 amide bonds. The average molecular weight is 408 g/mol. The zero-order chi connectivity index (χ0) is 19.7. The molecule has 3 bridgehead atoms. The van der Waals surface area contributed by atoms with E-state index in [1.807, 2.05) is 6.21 Å². The fourth-order valence-corrected chi connectivity index (χ4v) is 7.67. The maximum atomic E-state index is 13.2. The lowest BCUT2D eigenvalue weighted by molar-refractivity contribution is -0.136. The zero-order valence-electron chi connectivity index (χ0n) is 15.2. The van der Waals surface area contributed by atoms with Crippen molar-refractivity contribution in [3.63, 3.8) is 0 Å². The van der Waals surface area contributed by atoms with E-state index in [1.54, 1.807) is 17.8 Å². The number of benzene rings is 1. The molecule has 0 radical (unpaired) electrons. The lowest BCUT2D eigenvalue weighted by Crippen LogP contribution is -2.71. The van der Waals surface area contributed by atoms with Crippen molar-refractivity contribution in [1.29, 1.82) is 0 Å². The van der Waals surface area contributed by atoms with Crippen molar-refractivity contribution in [1.82, 2.24) is 5.32 Å². The number of carbonyl (C=O) groups is 2. The molecule has 4 atom stereocenters. The Kier molecular flexibility index (Phi) is 2.74. The van der Waals surface area contributed by atoms with Gasteiger partial charge in [-0.15, -0.1) is 11.8 Å². The van der Waals surface area contributed by atoms with Gasteiger partial charge in [0.05, 0.1) is 17.6 Å². The Bertz CT molecular complexity index is 1270. The van der Waals surface area contributed by atoms with E-state index >= 15 is 0 Å². The number of phenols is 1. The van der Waals surface area contributed by atoms with E-state index in [1.165, 1.54) is 0 Å². The minimum absolute atomic E-state index is 0.00459. The number of anilines is 1. The zero-order valence-corrected chi connectivity index (χ0v) is 16.0. The summed E-state index contributed by atoms with van der Waals surface area (Å²) in [5.74, 6) is -0.845. The molecule has 7 rings (SSSR count). The maximum Gasteiger partial charge on any atom is 0.317 e. The van der Waals surface area contributed by atoms with Crippen LogP contribution in [0.2, 0.25) is 0 Å². The molecule has 29 heavy (non-hydrogen) atoms. The first-order valence-corrected chi connectivity index (χ1v) is 10.6. The molecule has 1 aliphatic carbocycles. The monoisotopic (exact) mass is 408 g/mol. The third-order valence-electron chi connectivity index (χ3n) is 7.11. The van der Waals surface area contributed by atoms with Crippen LogP contribution in [-0.4, -0.2) is 58.7 Å². The number of aliphatic imine (C=N–C) groups is 1. The number of rotatable bonds is 3. The highest BCUT2D eigenvalue weighted by atomic mass is 32.2. The molecule has 0 unspecified atom stereocenters. The molecule has 5 aliphatic heterocycles. The third-order valence-corrected chi connectivity index (χ3v) is 8.39. The highest BCUT2D eigenvalue weighted by molar-refractivity contribution is 8.04. The SMILES string of the molecule is O=C(O)CN[C@H]1[C@@H]2C(=O)C=C3S[C@H]4C[C@@]31c1c3c5c(c(O)c1=N4)N=CC=5CCN32. The fourth-order valence-electron chi connectivity index (χ4n) is 6.17. The number of nitrogens with zero attached hydrogens (tertiary/aromatic N) is 3. The van der Waals surface area contributed by atoms with Crippen LogP contribution in [-0.2, 0) is 15.0 Å². The molecule has 0 saturated carbocycles. The van der Waals surface area contributed by atoms with E-state index in [2.05, 4.69) is 15.2 Å². The van der Waals surface area contributed by atoms with Crippen LogP contribution in [0.25, 0.3) is 5.57 Å².